The molecule has 11 heteroatoms. The standard InChI is InChI=1S/C20H23N7O3S/c21-31(29,30)17-5-3-15(4-6-17)12-23-20(28)16-2-1-10-26(13-16)18-7-8-19(25-24-18)27-11-9-22-14-27/h3-9,11,14,16H,1-2,10,12-13H2,(H,23,28)(H2,21,29,30)/t16-/m0/s1. The molecule has 1 saturated heterocycles. The Morgan fingerprint density at radius 1 is 1.13 bits per heavy atom. The van der Waals surface area contributed by atoms with Gasteiger partial charge in [-0.15, -0.1) is 10.2 Å². The van der Waals surface area contributed by atoms with Gasteiger partial charge >= 0.3 is 0 Å². The SMILES string of the molecule is NS(=O)(=O)c1ccc(CNC(=O)[C@H]2CCCN(c3ccc(-n4ccnc4)nn3)C2)cc1. The Balaban J connectivity index is 1.34. The van der Waals surface area contributed by atoms with E-state index in [0.717, 1.165) is 30.8 Å². The molecule has 1 aromatic carbocycles. The normalized spacial score (nSPS) is 16.8. The first-order valence-electron chi connectivity index (χ1n) is 9.86. The van der Waals surface area contributed by atoms with Crippen LogP contribution in [0.1, 0.15) is 18.4 Å². The molecule has 4 rings (SSSR count). The van der Waals surface area contributed by atoms with Crippen LogP contribution in [0, 0.1) is 5.92 Å². The summed E-state index contributed by atoms with van der Waals surface area (Å²) in [5.74, 6) is 1.22. The van der Waals surface area contributed by atoms with E-state index >= 15 is 0 Å². The largest absolute Gasteiger partial charge is 0.354 e. The topological polar surface area (TPSA) is 136 Å². The van der Waals surface area contributed by atoms with E-state index in [1.54, 1.807) is 35.4 Å². The van der Waals surface area contributed by atoms with Crippen molar-refractivity contribution >= 4 is 21.7 Å². The number of hydrogen-bond donors (Lipinski definition) is 2. The molecule has 10 nitrogen and oxygen atoms in total. The first-order valence-corrected chi connectivity index (χ1v) is 11.4. The minimum Gasteiger partial charge on any atom is -0.354 e. The summed E-state index contributed by atoms with van der Waals surface area (Å²) in [6.45, 7) is 1.70. The molecule has 0 bridgehead atoms. The van der Waals surface area contributed by atoms with Crippen LogP contribution in [0.3, 0.4) is 0 Å². The van der Waals surface area contributed by atoms with Crippen molar-refractivity contribution in [2.45, 2.75) is 24.3 Å². The number of nitrogens with one attached hydrogen (secondary N) is 1. The van der Waals surface area contributed by atoms with Crippen LogP contribution in [-0.2, 0) is 21.4 Å². The maximum atomic E-state index is 12.7. The minimum atomic E-state index is -3.72. The third-order valence-corrected chi connectivity index (χ3v) is 6.17. The zero-order chi connectivity index (χ0) is 21.8. The molecule has 1 atom stereocenters. The lowest BCUT2D eigenvalue weighted by Gasteiger charge is -2.32. The molecule has 1 aliphatic rings. The number of hydrogen-bond acceptors (Lipinski definition) is 7. The van der Waals surface area contributed by atoms with Gasteiger partial charge in [0.1, 0.15) is 6.33 Å². The molecule has 1 aliphatic heterocycles. The van der Waals surface area contributed by atoms with E-state index in [1.807, 2.05) is 12.1 Å². The van der Waals surface area contributed by atoms with E-state index < -0.39 is 10.0 Å². The van der Waals surface area contributed by atoms with Crippen LogP contribution in [0.5, 0.6) is 0 Å². The molecule has 31 heavy (non-hydrogen) atoms. The minimum absolute atomic E-state index is 0.0387. The molecule has 3 heterocycles. The quantitative estimate of drug-likeness (QED) is 0.578. The Kier molecular flexibility index (Phi) is 5.96. The first-order chi connectivity index (χ1) is 14.9. The lowest BCUT2D eigenvalue weighted by Crippen LogP contribution is -2.43. The van der Waals surface area contributed by atoms with Gasteiger partial charge in [-0.2, -0.15) is 0 Å². The highest BCUT2D eigenvalue weighted by molar-refractivity contribution is 7.89. The molecule has 0 spiro atoms. The Hall–Kier alpha value is -3.31. The molecule has 0 saturated carbocycles. The van der Waals surface area contributed by atoms with Gasteiger partial charge in [0.15, 0.2) is 11.6 Å². The summed E-state index contributed by atoms with van der Waals surface area (Å²) >= 11 is 0. The van der Waals surface area contributed by atoms with Gasteiger partial charge in [0.2, 0.25) is 15.9 Å². The van der Waals surface area contributed by atoms with Crippen molar-refractivity contribution in [2.24, 2.45) is 11.1 Å². The second kappa shape index (κ2) is 8.82. The van der Waals surface area contributed by atoms with Crippen LogP contribution < -0.4 is 15.4 Å². The molecule has 162 valence electrons. The fourth-order valence-electron chi connectivity index (χ4n) is 3.55. The van der Waals surface area contributed by atoms with E-state index in [1.165, 1.54) is 12.1 Å². The van der Waals surface area contributed by atoms with Gasteiger partial charge in [-0.25, -0.2) is 18.5 Å². The van der Waals surface area contributed by atoms with Crippen LogP contribution >= 0.6 is 0 Å². The van der Waals surface area contributed by atoms with E-state index in [2.05, 4.69) is 25.4 Å². The van der Waals surface area contributed by atoms with Crippen molar-refractivity contribution in [2.75, 3.05) is 18.0 Å². The molecule has 2 aromatic heterocycles. The second-order valence-electron chi connectivity index (χ2n) is 7.41. The molecule has 0 unspecified atom stereocenters. The van der Waals surface area contributed by atoms with Crippen LogP contribution in [0.25, 0.3) is 5.82 Å². The third-order valence-electron chi connectivity index (χ3n) is 5.24. The number of nitrogens with zero attached hydrogens (tertiary/aromatic N) is 5. The van der Waals surface area contributed by atoms with Crippen molar-refractivity contribution in [1.82, 2.24) is 25.1 Å². The summed E-state index contributed by atoms with van der Waals surface area (Å²) in [6.07, 6.45) is 6.82. The second-order valence-corrected chi connectivity index (χ2v) is 8.97. The number of primary sulfonamides is 1. The number of aromatic nitrogens is 4. The number of imidazole rings is 1. The zero-order valence-electron chi connectivity index (χ0n) is 16.8. The molecular weight excluding hydrogens is 418 g/mol. The number of sulfonamides is 1. The van der Waals surface area contributed by atoms with E-state index in [4.69, 9.17) is 5.14 Å². The van der Waals surface area contributed by atoms with Gasteiger partial charge in [0, 0.05) is 32.0 Å². The first kappa shape index (κ1) is 20.9. The van der Waals surface area contributed by atoms with E-state index in [0.29, 0.717) is 18.9 Å². The van der Waals surface area contributed by atoms with Crippen molar-refractivity contribution in [1.29, 1.82) is 0 Å². The van der Waals surface area contributed by atoms with Gasteiger partial charge < -0.3 is 10.2 Å². The van der Waals surface area contributed by atoms with E-state index in [9.17, 15) is 13.2 Å². The van der Waals surface area contributed by atoms with Gasteiger partial charge in [0.25, 0.3) is 0 Å². The summed E-state index contributed by atoms with van der Waals surface area (Å²) < 4.78 is 24.4. The fraction of sp³-hybridized carbons (Fsp3) is 0.300. The Morgan fingerprint density at radius 3 is 2.52 bits per heavy atom. The van der Waals surface area contributed by atoms with Crippen LogP contribution in [0.4, 0.5) is 5.82 Å². The maximum Gasteiger partial charge on any atom is 0.238 e. The number of nitrogens with two attached hydrogens (primary N) is 1. The van der Waals surface area contributed by atoms with Crippen molar-refractivity contribution in [3.8, 4) is 5.82 Å². The molecule has 3 N–H and O–H groups in total. The summed E-state index contributed by atoms with van der Waals surface area (Å²) in [5, 5.41) is 16.6. The zero-order valence-corrected chi connectivity index (χ0v) is 17.6. The van der Waals surface area contributed by atoms with Gasteiger partial charge in [0.05, 0.1) is 10.8 Å². The number of amides is 1. The summed E-state index contributed by atoms with van der Waals surface area (Å²) in [6, 6.07) is 9.93. The van der Waals surface area contributed by atoms with Gasteiger partial charge in [-0.1, -0.05) is 12.1 Å². The highest BCUT2D eigenvalue weighted by Gasteiger charge is 2.26. The van der Waals surface area contributed by atoms with Gasteiger partial charge in [-0.3, -0.25) is 9.36 Å². The number of rotatable bonds is 6. The third kappa shape index (κ3) is 5.06. The number of anilines is 1. The fourth-order valence-corrected chi connectivity index (χ4v) is 4.06. The van der Waals surface area contributed by atoms with Crippen molar-refractivity contribution in [3.05, 3.63) is 60.7 Å². The highest BCUT2D eigenvalue weighted by Crippen LogP contribution is 2.22. The molecule has 1 fully saturated rings. The van der Waals surface area contributed by atoms with E-state index in [-0.39, 0.29) is 16.7 Å². The lowest BCUT2D eigenvalue weighted by molar-refractivity contribution is -0.125. The Labute approximate surface area is 180 Å². The predicted octanol–water partition coefficient (Wildman–Crippen LogP) is 0.842. The summed E-state index contributed by atoms with van der Waals surface area (Å²) in [4.78, 5) is 18.8. The van der Waals surface area contributed by atoms with Crippen LogP contribution in [-0.4, -0.2) is 47.2 Å². The Bertz CT molecular complexity index is 1130. The molecule has 3 aromatic rings. The van der Waals surface area contributed by atoms with Crippen LogP contribution in [0.15, 0.2) is 60.0 Å². The number of benzene rings is 1. The molecule has 0 radical (unpaired) electrons. The maximum absolute atomic E-state index is 12.7. The Morgan fingerprint density at radius 2 is 1.87 bits per heavy atom. The average molecular weight is 442 g/mol. The van der Waals surface area contributed by atoms with Crippen LogP contribution in [0.2, 0.25) is 0 Å². The van der Waals surface area contributed by atoms with Crippen molar-refractivity contribution < 1.29 is 13.2 Å². The van der Waals surface area contributed by atoms with Crippen molar-refractivity contribution in [3.63, 3.8) is 0 Å². The summed E-state index contributed by atoms with van der Waals surface area (Å²) in [5.41, 5.74) is 0.800. The number of carbonyl (C=O) groups is 1. The highest BCUT2D eigenvalue weighted by atomic mass is 32.2. The van der Waals surface area contributed by atoms with Gasteiger partial charge in [-0.05, 0) is 42.7 Å². The monoisotopic (exact) mass is 441 g/mol. The number of piperidine rings is 1. The average Bonchev–Trinajstić information content (AvgIpc) is 3.32. The smallest absolute Gasteiger partial charge is 0.238 e. The predicted molar refractivity (Wildman–Crippen MR) is 114 cm³/mol. The molecule has 1 amide bonds. The molecular formula is C20H23N7O3S. The number of carbonyl (C=O) groups excluding carboxylic acids is 1. The molecule has 0 aliphatic carbocycles. The lowest BCUT2D eigenvalue weighted by atomic mass is 9.97. The summed E-state index contributed by atoms with van der Waals surface area (Å²) in [7, 11) is -3.72.